The number of rotatable bonds is 3. The Morgan fingerprint density at radius 1 is 0.552 bits per heavy atom. The van der Waals surface area contributed by atoms with E-state index >= 15 is 0 Å². The van der Waals surface area contributed by atoms with Crippen LogP contribution in [0.25, 0.3) is 32.7 Å². The molecule has 1 N–H and O–H groups in total. The third-order valence-corrected chi connectivity index (χ3v) is 5.39. The van der Waals surface area contributed by atoms with E-state index < -0.39 is 0 Å². The molecule has 5 aromatic carbocycles. The molecular weight excluding hydrogens is 354 g/mol. The minimum absolute atomic E-state index is 0.569. The van der Waals surface area contributed by atoms with Crippen LogP contribution in [0.3, 0.4) is 0 Å². The van der Waals surface area contributed by atoms with Crippen LogP contribution in [0.15, 0.2) is 114 Å². The molecular formula is C27H19NO. The number of hydrogen-bond acceptors (Lipinski definition) is 2. The van der Waals surface area contributed by atoms with Crippen molar-refractivity contribution in [1.29, 1.82) is 0 Å². The second-order valence-electron chi connectivity index (χ2n) is 7.05. The van der Waals surface area contributed by atoms with Crippen LogP contribution in [-0.4, -0.2) is 10.9 Å². The van der Waals surface area contributed by atoms with Crippen molar-refractivity contribution in [3.63, 3.8) is 0 Å². The molecule has 0 spiro atoms. The highest BCUT2D eigenvalue weighted by atomic mass is 16.4. The molecule has 2 nitrogen and oxygen atoms in total. The van der Waals surface area contributed by atoms with Crippen LogP contribution in [0.2, 0.25) is 0 Å². The average Bonchev–Trinajstić information content (AvgIpc) is 2.80. The van der Waals surface area contributed by atoms with Crippen molar-refractivity contribution >= 4 is 27.3 Å². The lowest BCUT2D eigenvalue weighted by Gasteiger charge is -2.16. The maximum Gasteiger partial charge on any atom is 0.117 e. The Balaban J connectivity index is 1.90. The summed E-state index contributed by atoms with van der Waals surface area (Å²) in [5.74, 6) is 0. The highest BCUT2D eigenvalue weighted by Gasteiger charge is 2.18. The Bertz CT molecular complexity index is 1350. The van der Waals surface area contributed by atoms with Gasteiger partial charge in [0.15, 0.2) is 0 Å². The standard InChI is InChI=1S/C27H19NO/c29-28-27(21-11-2-1-3-12-21)25-18-17-20-10-5-7-15-23(20)26(25)24-16-8-13-19-9-4-6-14-22(19)24/h1-18,29H/b28-27+. The van der Waals surface area contributed by atoms with Gasteiger partial charge in [0.2, 0.25) is 0 Å². The van der Waals surface area contributed by atoms with Crippen LogP contribution in [0, 0.1) is 0 Å². The summed E-state index contributed by atoms with van der Waals surface area (Å²) in [5, 5.41) is 18.4. The number of oxime groups is 1. The van der Waals surface area contributed by atoms with Gasteiger partial charge in [-0.3, -0.25) is 0 Å². The van der Waals surface area contributed by atoms with Gasteiger partial charge in [-0.15, -0.1) is 0 Å². The topological polar surface area (TPSA) is 32.6 Å². The van der Waals surface area contributed by atoms with Gasteiger partial charge in [-0.05, 0) is 32.7 Å². The first kappa shape index (κ1) is 17.2. The lowest BCUT2D eigenvalue weighted by molar-refractivity contribution is 0.319. The molecule has 0 aliphatic heterocycles. The van der Waals surface area contributed by atoms with E-state index in [1.165, 1.54) is 10.8 Å². The minimum Gasteiger partial charge on any atom is -0.410 e. The first-order valence-corrected chi connectivity index (χ1v) is 9.64. The van der Waals surface area contributed by atoms with Gasteiger partial charge >= 0.3 is 0 Å². The van der Waals surface area contributed by atoms with Crippen molar-refractivity contribution in [3.05, 3.63) is 120 Å². The van der Waals surface area contributed by atoms with Crippen LogP contribution in [0.4, 0.5) is 0 Å². The van der Waals surface area contributed by atoms with E-state index in [1.54, 1.807) is 0 Å². The van der Waals surface area contributed by atoms with Gasteiger partial charge in [0.1, 0.15) is 5.71 Å². The molecule has 0 heterocycles. The molecule has 0 bridgehead atoms. The summed E-state index contributed by atoms with van der Waals surface area (Å²) in [7, 11) is 0. The molecule has 0 aromatic heterocycles. The average molecular weight is 373 g/mol. The molecule has 0 atom stereocenters. The molecule has 138 valence electrons. The van der Waals surface area contributed by atoms with E-state index in [0.717, 1.165) is 33.0 Å². The van der Waals surface area contributed by atoms with Crippen molar-refractivity contribution in [2.75, 3.05) is 0 Å². The molecule has 0 amide bonds. The van der Waals surface area contributed by atoms with Gasteiger partial charge < -0.3 is 5.21 Å². The Morgan fingerprint density at radius 2 is 1.17 bits per heavy atom. The summed E-state index contributed by atoms with van der Waals surface area (Å²) in [6.07, 6.45) is 0. The van der Waals surface area contributed by atoms with Gasteiger partial charge in [0.25, 0.3) is 0 Å². The summed E-state index contributed by atoms with van der Waals surface area (Å²) in [5.41, 5.74) is 4.57. The van der Waals surface area contributed by atoms with E-state index in [4.69, 9.17) is 0 Å². The van der Waals surface area contributed by atoms with Crippen LogP contribution in [0.1, 0.15) is 11.1 Å². The number of fused-ring (bicyclic) bond motifs is 2. The first-order valence-electron chi connectivity index (χ1n) is 9.64. The van der Waals surface area contributed by atoms with Gasteiger partial charge in [-0.25, -0.2) is 0 Å². The zero-order chi connectivity index (χ0) is 19.6. The highest BCUT2D eigenvalue weighted by molar-refractivity contribution is 6.21. The Morgan fingerprint density at radius 3 is 1.93 bits per heavy atom. The molecule has 0 aliphatic carbocycles. The monoisotopic (exact) mass is 373 g/mol. The number of nitrogens with zero attached hydrogens (tertiary/aromatic N) is 1. The second-order valence-corrected chi connectivity index (χ2v) is 7.05. The van der Waals surface area contributed by atoms with E-state index in [1.807, 2.05) is 36.4 Å². The van der Waals surface area contributed by atoms with E-state index in [-0.39, 0.29) is 0 Å². The Kier molecular flexibility index (Phi) is 4.30. The smallest absolute Gasteiger partial charge is 0.117 e. The summed E-state index contributed by atoms with van der Waals surface area (Å²) >= 11 is 0. The van der Waals surface area contributed by atoms with Gasteiger partial charge in [-0.1, -0.05) is 114 Å². The Labute approximate surface area is 169 Å². The van der Waals surface area contributed by atoms with Gasteiger partial charge in [-0.2, -0.15) is 0 Å². The fraction of sp³-hybridized carbons (Fsp3) is 0. The lowest BCUT2D eigenvalue weighted by Crippen LogP contribution is -2.06. The SMILES string of the molecule is O/N=C(\c1ccccc1)c1ccc2ccccc2c1-c1cccc2ccccc12. The summed E-state index contributed by atoms with van der Waals surface area (Å²) in [4.78, 5) is 0. The largest absolute Gasteiger partial charge is 0.410 e. The molecule has 0 aliphatic rings. The van der Waals surface area contributed by atoms with Crippen LogP contribution in [-0.2, 0) is 0 Å². The molecule has 5 aromatic rings. The summed E-state index contributed by atoms with van der Waals surface area (Å²) < 4.78 is 0. The maximum absolute atomic E-state index is 9.98. The zero-order valence-corrected chi connectivity index (χ0v) is 15.8. The molecule has 5 rings (SSSR count). The molecule has 29 heavy (non-hydrogen) atoms. The molecule has 0 radical (unpaired) electrons. The van der Waals surface area contributed by atoms with Crippen molar-refractivity contribution in [3.8, 4) is 11.1 Å². The van der Waals surface area contributed by atoms with Gasteiger partial charge in [0.05, 0.1) is 0 Å². The minimum atomic E-state index is 0.569. The predicted octanol–water partition coefficient (Wildman–Crippen LogP) is 6.89. The van der Waals surface area contributed by atoms with E-state index in [0.29, 0.717) is 5.71 Å². The Hall–Kier alpha value is -3.91. The van der Waals surface area contributed by atoms with E-state index in [2.05, 4.69) is 78.0 Å². The zero-order valence-electron chi connectivity index (χ0n) is 15.8. The summed E-state index contributed by atoms with van der Waals surface area (Å²) in [6.45, 7) is 0. The number of hydrogen-bond donors (Lipinski definition) is 1. The normalized spacial score (nSPS) is 11.8. The second kappa shape index (κ2) is 7.25. The van der Waals surface area contributed by atoms with Crippen LogP contribution < -0.4 is 0 Å². The molecule has 2 heteroatoms. The third-order valence-electron chi connectivity index (χ3n) is 5.39. The van der Waals surface area contributed by atoms with Crippen molar-refractivity contribution < 1.29 is 5.21 Å². The number of benzene rings is 5. The molecule has 0 saturated carbocycles. The lowest BCUT2D eigenvalue weighted by atomic mass is 9.87. The molecule has 0 saturated heterocycles. The molecule has 0 unspecified atom stereocenters. The third kappa shape index (κ3) is 2.95. The van der Waals surface area contributed by atoms with Crippen LogP contribution >= 0.6 is 0 Å². The van der Waals surface area contributed by atoms with Gasteiger partial charge in [0, 0.05) is 11.1 Å². The summed E-state index contributed by atoms with van der Waals surface area (Å²) in [6, 6.07) is 37.1. The maximum atomic E-state index is 9.98. The fourth-order valence-corrected chi connectivity index (χ4v) is 4.07. The predicted molar refractivity (Wildman–Crippen MR) is 121 cm³/mol. The molecule has 0 fully saturated rings. The van der Waals surface area contributed by atoms with Crippen molar-refractivity contribution in [2.24, 2.45) is 5.16 Å². The quantitative estimate of drug-likeness (QED) is 0.208. The highest BCUT2D eigenvalue weighted by Crippen LogP contribution is 2.37. The first-order chi connectivity index (χ1) is 14.4. The fourth-order valence-electron chi connectivity index (χ4n) is 4.07. The van der Waals surface area contributed by atoms with Crippen molar-refractivity contribution in [1.82, 2.24) is 0 Å². The van der Waals surface area contributed by atoms with E-state index in [9.17, 15) is 5.21 Å². The van der Waals surface area contributed by atoms with Crippen molar-refractivity contribution in [2.45, 2.75) is 0 Å². The van der Waals surface area contributed by atoms with Crippen LogP contribution in [0.5, 0.6) is 0 Å².